The topological polar surface area (TPSA) is 85.5 Å². The fourth-order valence-corrected chi connectivity index (χ4v) is 3.33. The van der Waals surface area contributed by atoms with Gasteiger partial charge in [-0.25, -0.2) is 4.98 Å². The van der Waals surface area contributed by atoms with Gasteiger partial charge in [0.1, 0.15) is 5.82 Å². The van der Waals surface area contributed by atoms with Crippen molar-refractivity contribution in [1.29, 1.82) is 0 Å². The summed E-state index contributed by atoms with van der Waals surface area (Å²) in [6.07, 6.45) is 4.88. The number of aromatic nitrogens is 1. The standard InChI is InChI=1S/C15H19N3O3/c1-21-15(20)10-3-5-11-4-2-9-6-13(16)17-7-12(9)14(19)18(11)8-10/h6-7,10-11H,2-5,8H2,1H3,(H2,16,17). The van der Waals surface area contributed by atoms with Gasteiger partial charge in [-0.1, -0.05) is 0 Å². The van der Waals surface area contributed by atoms with Crippen LogP contribution in [0.5, 0.6) is 0 Å². The Hall–Kier alpha value is -2.11. The molecule has 2 aliphatic heterocycles. The lowest BCUT2D eigenvalue weighted by atomic mass is 9.91. The number of anilines is 1. The second kappa shape index (κ2) is 5.35. The van der Waals surface area contributed by atoms with Crippen molar-refractivity contribution < 1.29 is 14.3 Å². The third kappa shape index (κ3) is 2.46. The van der Waals surface area contributed by atoms with Crippen molar-refractivity contribution in [2.45, 2.75) is 31.7 Å². The summed E-state index contributed by atoms with van der Waals surface area (Å²) < 4.78 is 4.82. The van der Waals surface area contributed by atoms with Gasteiger partial charge in [0.05, 0.1) is 18.6 Å². The molecule has 0 bridgehead atoms. The highest BCUT2D eigenvalue weighted by molar-refractivity contribution is 5.96. The van der Waals surface area contributed by atoms with Crippen LogP contribution in [-0.2, 0) is 16.0 Å². The van der Waals surface area contributed by atoms with Crippen LogP contribution in [0.3, 0.4) is 0 Å². The fraction of sp³-hybridized carbons (Fsp3) is 0.533. The average Bonchev–Trinajstić information content (AvgIpc) is 2.63. The van der Waals surface area contributed by atoms with Gasteiger partial charge in [-0.3, -0.25) is 9.59 Å². The van der Waals surface area contributed by atoms with Crippen molar-refractivity contribution in [3.8, 4) is 0 Å². The highest BCUT2D eigenvalue weighted by atomic mass is 16.5. The third-order valence-electron chi connectivity index (χ3n) is 4.49. The van der Waals surface area contributed by atoms with E-state index >= 15 is 0 Å². The summed E-state index contributed by atoms with van der Waals surface area (Å²) >= 11 is 0. The first-order valence-corrected chi connectivity index (χ1v) is 7.23. The average molecular weight is 289 g/mol. The summed E-state index contributed by atoms with van der Waals surface area (Å²) in [6.45, 7) is 0.431. The highest BCUT2D eigenvalue weighted by Gasteiger charge is 2.37. The van der Waals surface area contributed by atoms with Crippen molar-refractivity contribution in [2.24, 2.45) is 5.92 Å². The van der Waals surface area contributed by atoms with E-state index in [1.165, 1.54) is 7.11 Å². The minimum atomic E-state index is -0.235. The zero-order valence-corrected chi connectivity index (χ0v) is 12.0. The van der Waals surface area contributed by atoms with Crippen LogP contribution in [0.1, 0.15) is 35.2 Å². The number of nitrogens with zero attached hydrogens (tertiary/aromatic N) is 2. The van der Waals surface area contributed by atoms with E-state index in [9.17, 15) is 9.59 Å². The second-order valence-electron chi connectivity index (χ2n) is 5.71. The number of pyridine rings is 1. The molecule has 6 nitrogen and oxygen atoms in total. The normalized spacial score (nSPS) is 24.8. The lowest BCUT2D eigenvalue weighted by Crippen LogP contribution is -2.48. The van der Waals surface area contributed by atoms with Gasteiger partial charge in [-0.15, -0.1) is 0 Å². The maximum absolute atomic E-state index is 12.7. The van der Waals surface area contributed by atoms with Crippen molar-refractivity contribution in [3.05, 3.63) is 23.4 Å². The maximum atomic E-state index is 12.7. The van der Waals surface area contributed by atoms with Gasteiger partial charge in [0.15, 0.2) is 0 Å². The number of amides is 1. The number of aryl methyl sites for hydroxylation is 1. The number of carbonyl (C=O) groups excluding carboxylic acids is 2. The Morgan fingerprint density at radius 2 is 2.24 bits per heavy atom. The van der Waals surface area contributed by atoms with Gasteiger partial charge in [0, 0.05) is 18.8 Å². The Bertz CT molecular complexity index is 588. The minimum Gasteiger partial charge on any atom is -0.469 e. The summed E-state index contributed by atoms with van der Waals surface area (Å²) in [5, 5.41) is 0. The number of hydrogen-bond acceptors (Lipinski definition) is 5. The summed E-state index contributed by atoms with van der Waals surface area (Å²) in [5.41, 5.74) is 7.27. The van der Waals surface area contributed by atoms with Crippen molar-refractivity contribution in [1.82, 2.24) is 9.88 Å². The first kappa shape index (κ1) is 13.9. The summed E-state index contributed by atoms with van der Waals surface area (Å²) in [6, 6.07) is 1.97. The van der Waals surface area contributed by atoms with E-state index < -0.39 is 0 Å². The van der Waals surface area contributed by atoms with Crippen LogP contribution in [0.15, 0.2) is 12.3 Å². The monoisotopic (exact) mass is 289 g/mol. The van der Waals surface area contributed by atoms with Crippen LogP contribution in [0.25, 0.3) is 0 Å². The van der Waals surface area contributed by atoms with E-state index in [2.05, 4.69) is 4.98 Å². The predicted molar refractivity (Wildman–Crippen MR) is 76.5 cm³/mol. The van der Waals surface area contributed by atoms with Crippen LogP contribution in [-0.4, -0.2) is 41.5 Å². The molecule has 0 saturated carbocycles. The number of rotatable bonds is 1. The van der Waals surface area contributed by atoms with Gasteiger partial charge in [-0.05, 0) is 37.3 Å². The first-order valence-electron chi connectivity index (χ1n) is 7.23. The number of methoxy groups -OCH3 is 1. The molecule has 0 spiro atoms. The molecule has 2 N–H and O–H groups in total. The van der Waals surface area contributed by atoms with E-state index in [0.717, 1.165) is 31.2 Å². The molecule has 1 fully saturated rings. The van der Waals surface area contributed by atoms with E-state index in [1.807, 2.05) is 4.90 Å². The van der Waals surface area contributed by atoms with Gasteiger partial charge in [-0.2, -0.15) is 0 Å². The number of nitrogens with two attached hydrogens (primary N) is 1. The Balaban J connectivity index is 1.89. The number of hydrogen-bond donors (Lipinski definition) is 1. The number of fused-ring (bicyclic) bond motifs is 2. The third-order valence-corrected chi connectivity index (χ3v) is 4.49. The molecular formula is C15H19N3O3. The van der Waals surface area contributed by atoms with Crippen LogP contribution in [0, 0.1) is 5.92 Å². The first-order chi connectivity index (χ1) is 10.1. The fourth-order valence-electron chi connectivity index (χ4n) is 3.33. The van der Waals surface area contributed by atoms with Crippen LogP contribution < -0.4 is 5.73 Å². The van der Waals surface area contributed by atoms with E-state index in [0.29, 0.717) is 17.9 Å². The number of esters is 1. The molecule has 0 aliphatic carbocycles. The Labute approximate surface area is 123 Å². The molecule has 1 saturated heterocycles. The molecule has 2 unspecified atom stereocenters. The molecule has 1 aromatic rings. The molecule has 2 atom stereocenters. The second-order valence-corrected chi connectivity index (χ2v) is 5.71. The lowest BCUT2D eigenvalue weighted by molar-refractivity contribution is -0.147. The number of ether oxygens (including phenoxy) is 1. The minimum absolute atomic E-state index is 0.0476. The van der Waals surface area contributed by atoms with Crippen LogP contribution >= 0.6 is 0 Å². The van der Waals surface area contributed by atoms with E-state index in [4.69, 9.17) is 10.5 Å². The largest absolute Gasteiger partial charge is 0.469 e. The van der Waals surface area contributed by atoms with Crippen LogP contribution in [0.4, 0.5) is 5.82 Å². The molecule has 0 radical (unpaired) electrons. The molecule has 112 valence electrons. The molecule has 0 aromatic carbocycles. The van der Waals surface area contributed by atoms with Gasteiger partial charge in [0.2, 0.25) is 0 Å². The SMILES string of the molecule is COC(=O)C1CCC2CCc3cc(N)ncc3C(=O)N2C1. The molecule has 1 aromatic heterocycles. The van der Waals surface area contributed by atoms with Crippen molar-refractivity contribution in [3.63, 3.8) is 0 Å². The molecule has 2 aliphatic rings. The zero-order valence-electron chi connectivity index (χ0n) is 12.0. The Kier molecular flexibility index (Phi) is 3.53. The summed E-state index contributed by atoms with van der Waals surface area (Å²) in [4.78, 5) is 30.3. The zero-order chi connectivity index (χ0) is 15.0. The number of piperidine rings is 1. The predicted octanol–water partition coefficient (Wildman–Crippen LogP) is 1.00. The van der Waals surface area contributed by atoms with Gasteiger partial charge < -0.3 is 15.4 Å². The molecule has 6 heteroatoms. The van der Waals surface area contributed by atoms with Gasteiger partial charge >= 0.3 is 5.97 Å². The van der Waals surface area contributed by atoms with Gasteiger partial charge in [0.25, 0.3) is 5.91 Å². The molecule has 21 heavy (non-hydrogen) atoms. The molecule has 3 heterocycles. The number of nitrogen functional groups attached to an aromatic ring is 1. The Morgan fingerprint density at radius 3 is 3.00 bits per heavy atom. The number of carbonyl (C=O) groups is 2. The van der Waals surface area contributed by atoms with E-state index in [1.54, 1.807) is 12.3 Å². The highest BCUT2D eigenvalue weighted by Crippen LogP contribution is 2.31. The van der Waals surface area contributed by atoms with E-state index in [-0.39, 0.29) is 23.8 Å². The quantitative estimate of drug-likeness (QED) is 0.780. The van der Waals surface area contributed by atoms with Crippen LogP contribution in [0.2, 0.25) is 0 Å². The van der Waals surface area contributed by atoms with Crippen molar-refractivity contribution in [2.75, 3.05) is 19.4 Å². The molecular weight excluding hydrogens is 270 g/mol. The Morgan fingerprint density at radius 1 is 1.43 bits per heavy atom. The summed E-state index contributed by atoms with van der Waals surface area (Å²) in [7, 11) is 1.39. The smallest absolute Gasteiger partial charge is 0.310 e. The molecule has 3 rings (SSSR count). The summed E-state index contributed by atoms with van der Waals surface area (Å²) in [5.74, 6) is -0.0675. The maximum Gasteiger partial charge on any atom is 0.310 e. The lowest BCUT2D eigenvalue weighted by Gasteiger charge is -2.37. The van der Waals surface area contributed by atoms with Crippen molar-refractivity contribution >= 4 is 17.7 Å². The molecule has 1 amide bonds.